The van der Waals surface area contributed by atoms with Gasteiger partial charge in [0.2, 0.25) is 5.91 Å². The van der Waals surface area contributed by atoms with Crippen molar-refractivity contribution in [1.29, 1.82) is 0 Å². The van der Waals surface area contributed by atoms with Crippen molar-refractivity contribution in [3.05, 3.63) is 36.7 Å². The van der Waals surface area contributed by atoms with Crippen molar-refractivity contribution in [3.63, 3.8) is 0 Å². The minimum Gasteiger partial charge on any atom is -0.472 e. The van der Waals surface area contributed by atoms with Gasteiger partial charge in [0, 0.05) is 74.2 Å². The van der Waals surface area contributed by atoms with Gasteiger partial charge in [-0.25, -0.2) is 15.4 Å². The molecule has 1 aliphatic carbocycles. The van der Waals surface area contributed by atoms with Crippen LogP contribution in [0.3, 0.4) is 0 Å². The molecule has 3 aliphatic rings. The molecule has 0 bridgehead atoms. The predicted molar refractivity (Wildman–Crippen MR) is 117 cm³/mol. The van der Waals surface area contributed by atoms with Crippen LogP contribution in [0.2, 0.25) is 0 Å². The lowest BCUT2D eigenvalue weighted by Crippen LogP contribution is -2.50. The topological polar surface area (TPSA) is 73.8 Å². The number of aromatic nitrogens is 2. The number of nitrogens with one attached hydrogen (secondary N) is 1. The molecule has 0 spiro atoms. The van der Waals surface area contributed by atoms with Gasteiger partial charge in [0.05, 0.1) is 0 Å². The zero-order chi connectivity index (χ0) is 20.5. The molecule has 0 unspecified atom stereocenters. The molecule has 8 nitrogen and oxygen atoms in total. The Balaban J connectivity index is 1.13. The Kier molecular flexibility index (Phi) is 5.72. The molecule has 2 aliphatic heterocycles. The second kappa shape index (κ2) is 8.62. The number of hydrazine groups is 1. The molecule has 1 aromatic heterocycles. The van der Waals surface area contributed by atoms with Crippen molar-refractivity contribution in [3.8, 4) is 5.88 Å². The fraction of sp³-hybridized carbons (Fsp3) is 0.450. The quantitative estimate of drug-likeness (QED) is 0.701. The first kappa shape index (κ1) is 19.9. The monoisotopic (exact) mass is 444 g/mol. The first-order chi connectivity index (χ1) is 14.7. The Labute approximate surface area is 184 Å². The lowest BCUT2D eigenvalue weighted by Gasteiger charge is -2.38. The van der Waals surface area contributed by atoms with Crippen LogP contribution in [0.4, 0.5) is 5.82 Å². The van der Waals surface area contributed by atoms with E-state index in [0.29, 0.717) is 25.0 Å². The summed E-state index contributed by atoms with van der Waals surface area (Å²) in [6, 6.07) is 8.83. The van der Waals surface area contributed by atoms with Crippen molar-refractivity contribution in [1.82, 2.24) is 24.1 Å². The van der Waals surface area contributed by atoms with Crippen LogP contribution in [-0.4, -0.2) is 62.9 Å². The van der Waals surface area contributed by atoms with Gasteiger partial charge in [-0.15, -0.1) is 3.82 Å². The summed E-state index contributed by atoms with van der Waals surface area (Å²) < 4.78 is 8.33. The van der Waals surface area contributed by atoms with Gasteiger partial charge in [0.25, 0.3) is 5.88 Å². The maximum atomic E-state index is 11.6. The van der Waals surface area contributed by atoms with Gasteiger partial charge in [-0.05, 0) is 36.0 Å². The smallest absolute Gasteiger partial charge is 0.257 e. The molecular weight excluding hydrogens is 420 g/mol. The number of carbonyl (C=O) groups excluding carboxylic acids is 1. The van der Waals surface area contributed by atoms with Gasteiger partial charge < -0.3 is 14.5 Å². The number of anilines is 1. The van der Waals surface area contributed by atoms with E-state index < -0.39 is 0 Å². The fourth-order valence-electron chi connectivity index (χ4n) is 3.78. The van der Waals surface area contributed by atoms with Gasteiger partial charge in [-0.1, -0.05) is 12.1 Å². The number of benzene rings is 1. The molecule has 1 saturated carbocycles. The van der Waals surface area contributed by atoms with E-state index in [2.05, 4.69) is 48.4 Å². The molecule has 1 saturated heterocycles. The van der Waals surface area contributed by atoms with Crippen LogP contribution < -0.4 is 15.1 Å². The van der Waals surface area contributed by atoms with Crippen molar-refractivity contribution >= 4 is 35.6 Å². The number of fused-ring (bicyclic) bond motifs is 1. The summed E-state index contributed by atoms with van der Waals surface area (Å²) in [4.78, 5) is 27.1. The van der Waals surface area contributed by atoms with Crippen molar-refractivity contribution in [2.24, 2.45) is 0 Å². The highest BCUT2D eigenvalue weighted by Crippen LogP contribution is 2.45. The van der Waals surface area contributed by atoms with E-state index in [-0.39, 0.29) is 12.0 Å². The van der Waals surface area contributed by atoms with Crippen molar-refractivity contribution in [2.75, 3.05) is 31.1 Å². The van der Waals surface area contributed by atoms with Gasteiger partial charge in [0.15, 0.2) is 5.82 Å². The number of hydrogen-bond donors (Lipinski definition) is 1. The van der Waals surface area contributed by atoms with Crippen LogP contribution in [0, 0.1) is 0 Å². The summed E-state index contributed by atoms with van der Waals surface area (Å²) in [5.74, 6) is 1.49. The molecule has 30 heavy (non-hydrogen) atoms. The lowest BCUT2D eigenvalue weighted by molar-refractivity contribution is -0.129. The second-order valence-electron chi connectivity index (χ2n) is 7.60. The molecule has 2 fully saturated rings. The summed E-state index contributed by atoms with van der Waals surface area (Å²) in [6.07, 6.45) is 5.37. The van der Waals surface area contributed by atoms with Gasteiger partial charge in [-0.2, -0.15) is 0 Å². The summed E-state index contributed by atoms with van der Waals surface area (Å²) in [5.41, 5.74) is 3.57. The highest BCUT2D eigenvalue weighted by molar-refractivity contribution is 8.14. The van der Waals surface area contributed by atoms with Crippen LogP contribution in [0.5, 0.6) is 5.88 Å². The first-order valence-electron chi connectivity index (χ1n) is 10.1. The lowest BCUT2D eigenvalue weighted by atomic mass is 9.90. The third kappa shape index (κ3) is 4.22. The van der Waals surface area contributed by atoms with Crippen LogP contribution >= 0.6 is 23.9 Å². The zero-order valence-corrected chi connectivity index (χ0v) is 18.4. The maximum Gasteiger partial charge on any atom is 0.257 e. The molecule has 1 amide bonds. The minimum atomic E-state index is 0.121. The molecule has 0 atom stereocenters. The van der Waals surface area contributed by atoms with Crippen LogP contribution in [0.25, 0.3) is 0 Å². The summed E-state index contributed by atoms with van der Waals surface area (Å²) in [6.45, 7) is 4.51. The molecule has 3 heterocycles. The van der Waals surface area contributed by atoms with E-state index in [1.165, 1.54) is 9.79 Å². The standard InChI is InChI=1S/C20H24N6O2S2/c1-14(27)24-8-10-25(11-9-24)19-20(22-7-6-21-19)28-16-12-15(13-16)23-26-29-17-4-2-3-5-18(17)30-26/h2-7,15-16,23H,8-13H2,1H3/t15-,16-. The Bertz CT molecular complexity index is 893. The van der Waals surface area contributed by atoms with E-state index in [4.69, 9.17) is 4.74 Å². The second-order valence-corrected chi connectivity index (χ2v) is 9.81. The fourth-order valence-corrected chi connectivity index (χ4v) is 5.99. The molecule has 1 N–H and O–H groups in total. The van der Waals surface area contributed by atoms with Crippen molar-refractivity contribution in [2.45, 2.75) is 41.7 Å². The molecule has 5 rings (SSSR count). The maximum absolute atomic E-state index is 11.6. The van der Waals surface area contributed by atoms with E-state index in [1.807, 2.05) is 4.90 Å². The number of carbonyl (C=O) groups is 1. The largest absolute Gasteiger partial charge is 0.472 e. The van der Waals surface area contributed by atoms with E-state index in [0.717, 1.165) is 31.7 Å². The van der Waals surface area contributed by atoms with Gasteiger partial charge in [-0.3, -0.25) is 4.79 Å². The highest BCUT2D eigenvalue weighted by Gasteiger charge is 2.35. The van der Waals surface area contributed by atoms with Crippen LogP contribution in [-0.2, 0) is 4.79 Å². The number of rotatable bonds is 5. The summed E-state index contributed by atoms with van der Waals surface area (Å²) >= 11 is 3.46. The first-order valence-corrected chi connectivity index (χ1v) is 11.7. The molecule has 10 heteroatoms. The minimum absolute atomic E-state index is 0.121. The van der Waals surface area contributed by atoms with Crippen LogP contribution in [0.1, 0.15) is 19.8 Å². The molecular formula is C20H24N6O2S2. The Morgan fingerprint density at radius 3 is 2.40 bits per heavy atom. The van der Waals surface area contributed by atoms with E-state index in [9.17, 15) is 4.79 Å². The molecule has 1 aromatic carbocycles. The third-order valence-corrected chi connectivity index (χ3v) is 7.77. The number of hydrogen-bond acceptors (Lipinski definition) is 9. The third-order valence-electron chi connectivity index (χ3n) is 5.54. The molecule has 0 radical (unpaired) electrons. The summed E-state index contributed by atoms with van der Waals surface area (Å²) in [7, 11) is 0. The SMILES string of the molecule is CC(=O)N1CCN(c2nccnc2O[C@H]2C[C@H](NN3Sc4ccccc4S3)C2)CC1. The number of nitrogens with zero attached hydrogens (tertiary/aromatic N) is 5. The number of amides is 1. The Morgan fingerprint density at radius 2 is 1.73 bits per heavy atom. The normalized spacial score (nSPS) is 23.8. The Hall–Kier alpha value is -2.01. The predicted octanol–water partition coefficient (Wildman–Crippen LogP) is 2.59. The van der Waals surface area contributed by atoms with E-state index in [1.54, 1.807) is 43.2 Å². The van der Waals surface area contributed by atoms with E-state index >= 15 is 0 Å². The molecule has 2 aromatic rings. The van der Waals surface area contributed by atoms with Crippen molar-refractivity contribution < 1.29 is 9.53 Å². The molecule has 158 valence electrons. The Morgan fingerprint density at radius 1 is 1.07 bits per heavy atom. The van der Waals surface area contributed by atoms with Gasteiger partial charge >= 0.3 is 0 Å². The number of ether oxygens (including phenoxy) is 1. The van der Waals surface area contributed by atoms with Gasteiger partial charge in [0.1, 0.15) is 6.10 Å². The average molecular weight is 445 g/mol. The average Bonchev–Trinajstić information content (AvgIpc) is 3.15. The summed E-state index contributed by atoms with van der Waals surface area (Å²) in [5, 5.41) is 0. The number of piperazine rings is 1. The zero-order valence-electron chi connectivity index (χ0n) is 16.7. The highest BCUT2D eigenvalue weighted by atomic mass is 32.2. The van der Waals surface area contributed by atoms with Crippen LogP contribution in [0.15, 0.2) is 46.5 Å².